The molecule has 1 saturated heterocycles. The maximum Gasteiger partial charge on any atom is 0.0469 e. The van der Waals surface area contributed by atoms with Crippen LogP contribution in [0.4, 0.5) is 0 Å². The molecule has 16 heavy (non-hydrogen) atoms. The van der Waals surface area contributed by atoms with Gasteiger partial charge in [-0.25, -0.2) is 0 Å². The van der Waals surface area contributed by atoms with Crippen LogP contribution in [0.25, 0.3) is 0 Å². The van der Waals surface area contributed by atoms with Gasteiger partial charge in [0, 0.05) is 19.3 Å². The molecule has 1 fully saturated rings. The van der Waals surface area contributed by atoms with Gasteiger partial charge in [-0.2, -0.15) is 0 Å². The number of aryl methyl sites for hydroxylation is 1. The lowest BCUT2D eigenvalue weighted by Gasteiger charge is -2.31. The Balaban J connectivity index is 2.18. The predicted octanol–water partition coefficient (Wildman–Crippen LogP) is 2.68. The Hall–Kier alpha value is -0.860. The van der Waals surface area contributed by atoms with Crippen LogP contribution in [0.1, 0.15) is 30.0 Å². The van der Waals surface area contributed by atoms with Crippen LogP contribution in [0.3, 0.4) is 0 Å². The molecule has 88 valence electrons. The van der Waals surface area contributed by atoms with E-state index in [0.29, 0.717) is 12.0 Å². The van der Waals surface area contributed by atoms with Gasteiger partial charge < -0.3 is 10.1 Å². The summed E-state index contributed by atoms with van der Waals surface area (Å²) in [6.45, 7) is 4.02. The Morgan fingerprint density at radius 3 is 2.56 bits per heavy atom. The van der Waals surface area contributed by atoms with E-state index in [1.54, 1.807) is 0 Å². The van der Waals surface area contributed by atoms with E-state index >= 15 is 0 Å². The van der Waals surface area contributed by atoms with Crippen molar-refractivity contribution in [3.8, 4) is 0 Å². The fourth-order valence-corrected chi connectivity index (χ4v) is 2.63. The molecule has 0 spiro atoms. The summed E-state index contributed by atoms with van der Waals surface area (Å²) in [4.78, 5) is 0. The Morgan fingerprint density at radius 2 is 1.94 bits per heavy atom. The SMILES string of the molecule is CNC(c1ccccc1C)C1CCOCC1. The van der Waals surface area contributed by atoms with Gasteiger partial charge in [-0.15, -0.1) is 0 Å². The molecule has 0 bridgehead atoms. The van der Waals surface area contributed by atoms with Crippen LogP contribution in [0.2, 0.25) is 0 Å². The number of rotatable bonds is 3. The van der Waals surface area contributed by atoms with Gasteiger partial charge in [-0.05, 0) is 43.9 Å². The number of ether oxygens (including phenoxy) is 1. The first-order valence-corrected chi connectivity index (χ1v) is 6.13. The lowest BCUT2D eigenvalue weighted by atomic mass is 9.85. The second-order valence-electron chi connectivity index (χ2n) is 4.57. The van der Waals surface area contributed by atoms with Crippen molar-refractivity contribution in [2.45, 2.75) is 25.8 Å². The molecule has 1 atom stereocenters. The van der Waals surface area contributed by atoms with E-state index in [1.807, 2.05) is 0 Å². The third kappa shape index (κ3) is 2.45. The highest BCUT2D eigenvalue weighted by atomic mass is 16.5. The summed E-state index contributed by atoms with van der Waals surface area (Å²) in [7, 11) is 2.06. The van der Waals surface area contributed by atoms with Gasteiger partial charge >= 0.3 is 0 Å². The van der Waals surface area contributed by atoms with Crippen molar-refractivity contribution < 1.29 is 4.74 Å². The molecule has 0 amide bonds. The minimum Gasteiger partial charge on any atom is -0.381 e. The maximum atomic E-state index is 5.43. The van der Waals surface area contributed by atoms with E-state index in [9.17, 15) is 0 Å². The maximum absolute atomic E-state index is 5.43. The van der Waals surface area contributed by atoms with Crippen molar-refractivity contribution >= 4 is 0 Å². The van der Waals surface area contributed by atoms with Gasteiger partial charge in [0.25, 0.3) is 0 Å². The fraction of sp³-hybridized carbons (Fsp3) is 0.571. The van der Waals surface area contributed by atoms with E-state index in [2.05, 4.69) is 43.6 Å². The molecule has 1 heterocycles. The summed E-state index contributed by atoms with van der Waals surface area (Å²) < 4.78 is 5.43. The Kier molecular flexibility index (Phi) is 3.97. The highest BCUT2D eigenvalue weighted by molar-refractivity contribution is 5.29. The first-order chi connectivity index (χ1) is 7.83. The van der Waals surface area contributed by atoms with Crippen LogP contribution in [0, 0.1) is 12.8 Å². The molecule has 0 aromatic heterocycles. The lowest BCUT2D eigenvalue weighted by Crippen LogP contribution is -2.30. The average molecular weight is 219 g/mol. The van der Waals surface area contributed by atoms with Gasteiger partial charge in [0.2, 0.25) is 0 Å². The number of benzene rings is 1. The summed E-state index contributed by atoms with van der Waals surface area (Å²) in [5, 5.41) is 3.47. The van der Waals surface area contributed by atoms with E-state index in [4.69, 9.17) is 4.74 Å². The van der Waals surface area contributed by atoms with Crippen LogP contribution in [0.15, 0.2) is 24.3 Å². The van der Waals surface area contributed by atoms with Crippen molar-refractivity contribution in [1.29, 1.82) is 0 Å². The fourth-order valence-electron chi connectivity index (χ4n) is 2.63. The quantitative estimate of drug-likeness (QED) is 0.844. The number of nitrogens with one attached hydrogen (secondary N) is 1. The zero-order valence-electron chi connectivity index (χ0n) is 10.2. The Bertz CT molecular complexity index is 331. The Labute approximate surface area is 98.0 Å². The summed E-state index contributed by atoms with van der Waals surface area (Å²) in [5.41, 5.74) is 2.82. The lowest BCUT2D eigenvalue weighted by molar-refractivity contribution is 0.0545. The van der Waals surface area contributed by atoms with Crippen molar-refractivity contribution in [1.82, 2.24) is 5.32 Å². The van der Waals surface area contributed by atoms with Crippen molar-refractivity contribution in [2.75, 3.05) is 20.3 Å². The van der Waals surface area contributed by atoms with Gasteiger partial charge in [-0.3, -0.25) is 0 Å². The largest absolute Gasteiger partial charge is 0.381 e. The van der Waals surface area contributed by atoms with Crippen molar-refractivity contribution in [3.05, 3.63) is 35.4 Å². The molecular formula is C14H21NO. The average Bonchev–Trinajstić information content (AvgIpc) is 2.34. The van der Waals surface area contributed by atoms with Gasteiger partial charge in [0.1, 0.15) is 0 Å². The molecule has 1 aliphatic rings. The molecule has 1 N–H and O–H groups in total. The van der Waals surface area contributed by atoms with Crippen molar-refractivity contribution in [3.63, 3.8) is 0 Å². The van der Waals surface area contributed by atoms with Crippen molar-refractivity contribution in [2.24, 2.45) is 5.92 Å². The number of hydrogen-bond acceptors (Lipinski definition) is 2. The molecule has 0 aliphatic carbocycles. The molecule has 2 heteroatoms. The minimum atomic E-state index is 0.477. The monoisotopic (exact) mass is 219 g/mol. The van der Waals surface area contributed by atoms with Crippen LogP contribution >= 0.6 is 0 Å². The molecule has 0 saturated carbocycles. The molecule has 2 nitrogen and oxygen atoms in total. The van der Waals surface area contributed by atoms with Crippen LogP contribution in [0.5, 0.6) is 0 Å². The van der Waals surface area contributed by atoms with Crippen LogP contribution in [-0.4, -0.2) is 20.3 Å². The molecule has 1 aromatic rings. The van der Waals surface area contributed by atoms with Crippen LogP contribution < -0.4 is 5.32 Å². The molecule has 1 unspecified atom stereocenters. The van der Waals surface area contributed by atoms with Gasteiger partial charge in [0.15, 0.2) is 0 Å². The summed E-state index contributed by atoms with van der Waals surface area (Å²) in [5.74, 6) is 0.708. The predicted molar refractivity (Wildman–Crippen MR) is 66.5 cm³/mol. The minimum absolute atomic E-state index is 0.477. The zero-order chi connectivity index (χ0) is 11.4. The summed E-state index contributed by atoms with van der Waals surface area (Å²) in [6.07, 6.45) is 2.33. The van der Waals surface area contributed by atoms with Gasteiger partial charge in [-0.1, -0.05) is 24.3 Å². The second kappa shape index (κ2) is 5.46. The molecule has 0 radical (unpaired) electrons. The number of hydrogen-bond donors (Lipinski definition) is 1. The first-order valence-electron chi connectivity index (χ1n) is 6.13. The van der Waals surface area contributed by atoms with E-state index in [-0.39, 0.29) is 0 Å². The third-order valence-electron chi connectivity index (χ3n) is 3.57. The Morgan fingerprint density at radius 1 is 1.25 bits per heavy atom. The summed E-state index contributed by atoms with van der Waals surface area (Å²) >= 11 is 0. The highest BCUT2D eigenvalue weighted by Crippen LogP contribution is 2.31. The summed E-state index contributed by atoms with van der Waals surface area (Å²) in [6, 6.07) is 9.15. The van der Waals surface area contributed by atoms with E-state index < -0.39 is 0 Å². The highest BCUT2D eigenvalue weighted by Gasteiger charge is 2.24. The molecular weight excluding hydrogens is 198 g/mol. The molecule has 1 aromatic carbocycles. The second-order valence-corrected chi connectivity index (χ2v) is 4.57. The third-order valence-corrected chi connectivity index (χ3v) is 3.57. The standard InChI is InChI=1S/C14H21NO/c1-11-5-3-4-6-13(11)14(15-2)12-7-9-16-10-8-12/h3-6,12,14-15H,7-10H2,1-2H3. The molecule has 2 rings (SSSR count). The zero-order valence-corrected chi connectivity index (χ0v) is 10.2. The smallest absolute Gasteiger partial charge is 0.0469 e. The normalized spacial score (nSPS) is 19.6. The van der Waals surface area contributed by atoms with Crippen LogP contribution in [-0.2, 0) is 4.74 Å². The van der Waals surface area contributed by atoms with E-state index in [0.717, 1.165) is 13.2 Å². The van der Waals surface area contributed by atoms with Gasteiger partial charge in [0.05, 0.1) is 0 Å². The first kappa shape index (κ1) is 11.6. The van der Waals surface area contributed by atoms with E-state index in [1.165, 1.54) is 24.0 Å². The topological polar surface area (TPSA) is 21.3 Å². The molecule has 1 aliphatic heterocycles.